The fraction of sp³-hybridized carbons (Fsp3) is 0.154. The fourth-order valence-electron chi connectivity index (χ4n) is 2.05. The van der Waals surface area contributed by atoms with Crippen LogP contribution in [0.5, 0.6) is 0 Å². The molecule has 5 heteroatoms. The van der Waals surface area contributed by atoms with Crippen LogP contribution in [0.4, 0.5) is 0 Å². The second-order valence-corrected chi connectivity index (χ2v) is 4.94. The van der Waals surface area contributed by atoms with Gasteiger partial charge in [-0.3, -0.25) is 4.98 Å². The summed E-state index contributed by atoms with van der Waals surface area (Å²) in [7, 11) is 0. The zero-order valence-electron chi connectivity index (χ0n) is 9.87. The standard InChI is InChI=1S/C13H12N4S/c1-8-13(18-17-16-8)12(14)11-7-15-6-9-4-2-3-5-10(9)11/h2-7,12H,14H2,1H3. The molecule has 0 amide bonds. The molecule has 2 aromatic heterocycles. The van der Waals surface area contributed by atoms with E-state index in [0.29, 0.717) is 0 Å². The monoisotopic (exact) mass is 256 g/mol. The first-order chi connectivity index (χ1) is 8.77. The number of nitrogens with two attached hydrogens (primary N) is 1. The molecule has 0 saturated carbocycles. The number of nitrogens with zero attached hydrogens (tertiary/aromatic N) is 3. The molecule has 0 radical (unpaired) electrons. The first kappa shape index (κ1) is 11.3. The van der Waals surface area contributed by atoms with Gasteiger partial charge in [-0.2, -0.15) is 0 Å². The van der Waals surface area contributed by atoms with Crippen molar-refractivity contribution in [2.75, 3.05) is 0 Å². The highest BCUT2D eigenvalue weighted by Crippen LogP contribution is 2.29. The van der Waals surface area contributed by atoms with Crippen molar-refractivity contribution in [3.8, 4) is 0 Å². The van der Waals surface area contributed by atoms with Gasteiger partial charge >= 0.3 is 0 Å². The topological polar surface area (TPSA) is 64.7 Å². The summed E-state index contributed by atoms with van der Waals surface area (Å²) in [6.45, 7) is 1.93. The summed E-state index contributed by atoms with van der Waals surface area (Å²) in [4.78, 5) is 5.25. The molecule has 1 aromatic carbocycles. The molecule has 1 atom stereocenters. The third kappa shape index (κ3) is 1.77. The summed E-state index contributed by atoms with van der Waals surface area (Å²) >= 11 is 1.35. The molecule has 0 fully saturated rings. The first-order valence-corrected chi connectivity index (χ1v) is 6.42. The van der Waals surface area contributed by atoms with Crippen LogP contribution in [-0.2, 0) is 0 Å². The molecule has 18 heavy (non-hydrogen) atoms. The maximum absolute atomic E-state index is 6.32. The molecule has 4 nitrogen and oxygen atoms in total. The van der Waals surface area contributed by atoms with E-state index in [9.17, 15) is 0 Å². The smallest absolute Gasteiger partial charge is 0.0776 e. The number of aryl methyl sites for hydroxylation is 1. The number of hydrogen-bond donors (Lipinski definition) is 1. The van der Waals surface area contributed by atoms with Crippen LogP contribution in [0.25, 0.3) is 10.8 Å². The second kappa shape index (κ2) is 4.44. The Labute approximate surface area is 109 Å². The fourth-order valence-corrected chi connectivity index (χ4v) is 2.72. The molecule has 0 aliphatic rings. The van der Waals surface area contributed by atoms with Gasteiger partial charge in [0.15, 0.2) is 0 Å². The van der Waals surface area contributed by atoms with Crippen LogP contribution in [0, 0.1) is 6.92 Å². The van der Waals surface area contributed by atoms with Crippen LogP contribution in [0.2, 0.25) is 0 Å². The molecular weight excluding hydrogens is 244 g/mol. The van der Waals surface area contributed by atoms with Gasteiger partial charge in [-0.25, -0.2) is 0 Å². The lowest BCUT2D eigenvalue weighted by Gasteiger charge is -2.12. The van der Waals surface area contributed by atoms with Crippen molar-refractivity contribution in [3.63, 3.8) is 0 Å². The predicted molar refractivity (Wildman–Crippen MR) is 72.4 cm³/mol. The normalized spacial score (nSPS) is 12.8. The van der Waals surface area contributed by atoms with Crippen LogP contribution >= 0.6 is 11.5 Å². The van der Waals surface area contributed by atoms with Gasteiger partial charge in [-0.15, -0.1) is 5.10 Å². The van der Waals surface area contributed by atoms with E-state index >= 15 is 0 Å². The predicted octanol–water partition coefficient (Wildman–Crippen LogP) is 2.44. The Morgan fingerprint density at radius 2 is 2.06 bits per heavy atom. The molecule has 1 unspecified atom stereocenters. The molecule has 0 spiro atoms. The molecule has 90 valence electrons. The summed E-state index contributed by atoms with van der Waals surface area (Å²) in [5, 5.41) is 6.24. The van der Waals surface area contributed by atoms with Gasteiger partial charge < -0.3 is 5.73 Å². The minimum Gasteiger partial charge on any atom is -0.319 e. The second-order valence-electron chi connectivity index (χ2n) is 4.15. The van der Waals surface area contributed by atoms with E-state index < -0.39 is 0 Å². The van der Waals surface area contributed by atoms with E-state index in [1.807, 2.05) is 37.5 Å². The van der Waals surface area contributed by atoms with Crippen LogP contribution in [0.1, 0.15) is 22.2 Å². The number of rotatable bonds is 2. The SMILES string of the molecule is Cc1nnsc1C(N)c1cncc2ccccc12. The van der Waals surface area contributed by atoms with E-state index in [1.54, 1.807) is 0 Å². The zero-order chi connectivity index (χ0) is 12.5. The van der Waals surface area contributed by atoms with E-state index in [2.05, 4.69) is 20.6 Å². The lowest BCUT2D eigenvalue weighted by atomic mass is 10.0. The summed E-state index contributed by atoms with van der Waals surface area (Å²) in [5.74, 6) is 0. The highest BCUT2D eigenvalue weighted by molar-refractivity contribution is 7.05. The van der Waals surface area contributed by atoms with Crippen molar-refractivity contribution in [1.29, 1.82) is 0 Å². The molecule has 0 aliphatic carbocycles. The average Bonchev–Trinajstić information content (AvgIpc) is 2.83. The third-order valence-corrected chi connectivity index (χ3v) is 3.91. The lowest BCUT2D eigenvalue weighted by molar-refractivity contribution is 0.876. The molecule has 2 heterocycles. The van der Waals surface area contributed by atoms with Gasteiger partial charge in [0.25, 0.3) is 0 Å². The maximum Gasteiger partial charge on any atom is 0.0776 e. The quantitative estimate of drug-likeness (QED) is 0.765. The van der Waals surface area contributed by atoms with Crippen LogP contribution in [-0.4, -0.2) is 14.6 Å². The minimum atomic E-state index is -0.219. The molecule has 0 saturated heterocycles. The molecule has 3 rings (SSSR count). The third-order valence-electron chi connectivity index (χ3n) is 3.00. The molecule has 0 bridgehead atoms. The Morgan fingerprint density at radius 3 is 2.83 bits per heavy atom. The highest BCUT2D eigenvalue weighted by Gasteiger charge is 2.17. The van der Waals surface area contributed by atoms with Gasteiger partial charge in [0.05, 0.1) is 16.6 Å². The average molecular weight is 256 g/mol. The van der Waals surface area contributed by atoms with E-state index in [0.717, 1.165) is 26.9 Å². The Hall–Kier alpha value is -1.85. The number of benzene rings is 1. The van der Waals surface area contributed by atoms with Crippen molar-refractivity contribution in [2.24, 2.45) is 5.73 Å². The van der Waals surface area contributed by atoms with Crippen molar-refractivity contribution < 1.29 is 0 Å². The minimum absolute atomic E-state index is 0.219. The maximum atomic E-state index is 6.32. The summed E-state index contributed by atoms with van der Waals surface area (Å²) < 4.78 is 3.94. The first-order valence-electron chi connectivity index (χ1n) is 5.64. The zero-order valence-corrected chi connectivity index (χ0v) is 10.7. The van der Waals surface area contributed by atoms with Crippen molar-refractivity contribution in [2.45, 2.75) is 13.0 Å². The number of hydrogen-bond acceptors (Lipinski definition) is 5. The number of aromatic nitrogens is 3. The van der Waals surface area contributed by atoms with Gasteiger partial charge in [-0.1, -0.05) is 28.8 Å². The van der Waals surface area contributed by atoms with Crippen molar-refractivity contribution in [3.05, 3.63) is 52.8 Å². The largest absolute Gasteiger partial charge is 0.319 e. The van der Waals surface area contributed by atoms with Gasteiger partial charge in [-0.05, 0) is 23.8 Å². The highest BCUT2D eigenvalue weighted by atomic mass is 32.1. The van der Waals surface area contributed by atoms with Crippen LogP contribution < -0.4 is 5.73 Å². The van der Waals surface area contributed by atoms with E-state index in [-0.39, 0.29) is 6.04 Å². The van der Waals surface area contributed by atoms with Crippen molar-refractivity contribution >= 4 is 22.3 Å². The summed E-state index contributed by atoms with van der Waals surface area (Å²) in [6, 6.07) is 7.89. The molecule has 2 N–H and O–H groups in total. The van der Waals surface area contributed by atoms with E-state index in [1.165, 1.54) is 11.5 Å². The van der Waals surface area contributed by atoms with Gasteiger partial charge in [0.1, 0.15) is 0 Å². The van der Waals surface area contributed by atoms with Gasteiger partial charge in [0, 0.05) is 23.3 Å². The Balaban J connectivity index is 2.18. The lowest BCUT2D eigenvalue weighted by Crippen LogP contribution is -2.12. The van der Waals surface area contributed by atoms with Crippen LogP contribution in [0.15, 0.2) is 36.7 Å². The molecular formula is C13H12N4S. The Bertz CT molecular complexity index is 687. The summed E-state index contributed by atoms with van der Waals surface area (Å²) in [5.41, 5.74) is 8.22. The number of fused-ring (bicyclic) bond motifs is 1. The van der Waals surface area contributed by atoms with Crippen molar-refractivity contribution in [1.82, 2.24) is 14.6 Å². The van der Waals surface area contributed by atoms with Gasteiger partial charge in [0.2, 0.25) is 0 Å². The summed E-state index contributed by atoms with van der Waals surface area (Å²) in [6.07, 6.45) is 3.68. The Kier molecular flexibility index (Phi) is 2.77. The molecule has 0 aliphatic heterocycles. The molecule has 3 aromatic rings. The Morgan fingerprint density at radius 1 is 1.22 bits per heavy atom. The van der Waals surface area contributed by atoms with E-state index in [4.69, 9.17) is 5.73 Å². The number of pyridine rings is 1. The van der Waals surface area contributed by atoms with Crippen LogP contribution in [0.3, 0.4) is 0 Å².